The van der Waals surface area contributed by atoms with E-state index in [1.165, 1.54) is 0 Å². The molecule has 3 nitrogen and oxygen atoms in total. The summed E-state index contributed by atoms with van der Waals surface area (Å²) >= 11 is 0. The maximum Gasteiger partial charge on any atom is 0.145 e. The van der Waals surface area contributed by atoms with Gasteiger partial charge in [-0.25, -0.2) is 0 Å². The molecule has 0 aliphatic rings. The summed E-state index contributed by atoms with van der Waals surface area (Å²) in [5.41, 5.74) is 6.14. The van der Waals surface area contributed by atoms with Gasteiger partial charge in [0.25, 0.3) is 0 Å². The molecular formula is C25H18N2O. The SMILES string of the molecule is C=C(C#N)C(=C(C)C)n1c2ccccc2c2c3oc4ccccc4c3ccc21. The number of furan rings is 1. The van der Waals surface area contributed by atoms with E-state index in [2.05, 4.69) is 47.5 Å². The molecule has 0 atom stereocenters. The zero-order valence-electron chi connectivity index (χ0n) is 15.8. The first-order valence-electron chi connectivity index (χ1n) is 9.22. The molecule has 3 aromatic carbocycles. The minimum Gasteiger partial charge on any atom is -0.455 e. The van der Waals surface area contributed by atoms with Gasteiger partial charge in [0.15, 0.2) is 0 Å². The number of nitriles is 1. The lowest BCUT2D eigenvalue weighted by atomic mass is 10.1. The summed E-state index contributed by atoms with van der Waals surface area (Å²) in [6.45, 7) is 8.02. The number of aromatic nitrogens is 1. The third kappa shape index (κ3) is 2.09. The van der Waals surface area contributed by atoms with Crippen molar-refractivity contribution in [2.75, 3.05) is 0 Å². The van der Waals surface area contributed by atoms with Gasteiger partial charge in [0.2, 0.25) is 0 Å². The third-order valence-corrected chi connectivity index (χ3v) is 5.30. The van der Waals surface area contributed by atoms with E-state index in [0.717, 1.165) is 55.0 Å². The first kappa shape index (κ1) is 16.4. The molecule has 0 fully saturated rings. The molecule has 0 N–H and O–H groups in total. The average molecular weight is 362 g/mol. The van der Waals surface area contributed by atoms with Gasteiger partial charge in [0.1, 0.15) is 17.2 Å². The zero-order valence-corrected chi connectivity index (χ0v) is 15.8. The van der Waals surface area contributed by atoms with Crippen LogP contribution in [0.2, 0.25) is 0 Å². The van der Waals surface area contributed by atoms with Crippen molar-refractivity contribution in [2.24, 2.45) is 0 Å². The summed E-state index contributed by atoms with van der Waals surface area (Å²) in [7, 11) is 0. The molecule has 2 aromatic heterocycles. The highest BCUT2D eigenvalue weighted by Gasteiger charge is 2.20. The molecule has 0 aliphatic carbocycles. The van der Waals surface area contributed by atoms with Gasteiger partial charge in [-0.3, -0.25) is 0 Å². The zero-order chi connectivity index (χ0) is 19.4. The second-order valence-corrected chi connectivity index (χ2v) is 7.23. The Bertz CT molecular complexity index is 1500. The smallest absolute Gasteiger partial charge is 0.145 e. The van der Waals surface area contributed by atoms with E-state index in [4.69, 9.17) is 4.42 Å². The van der Waals surface area contributed by atoms with Gasteiger partial charge < -0.3 is 8.98 Å². The molecule has 5 aromatic rings. The quantitative estimate of drug-likeness (QED) is 0.250. The molecule has 0 bridgehead atoms. The van der Waals surface area contributed by atoms with Crippen LogP contribution in [0.1, 0.15) is 13.8 Å². The number of hydrogen-bond donors (Lipinski definition) is 0. The van der Waals surface area contributed by atoms with Crippen molar-refractivity contribution in [2.45, 2.75) is 13.8 Å². The maximum absolute atomic E-state index is 9.55. The van der Waals surface area contributed by atoms with Crippen LogP contribution >= 0.6 is 0 Å². The average Bonchev–Trinajstić information content (AvgIpc) is 3.24. The number of hydrogen-bond acceptors (Lipinski definition) is 2. The van der Waals surface area contributed by atoms with E-state index in [1.807, 2.05) is 44.2 Å². The lowest BCUT2D eigenvalue weighted by Crippen LogP contribution is -2.00. The van der Waals surface area contributed by atoms with Crippen molar-refractivity contribution >= 4 is 49.4 Å². The van der Waals surface area contributed by atoms with Gasteiger partial charge in [-0.15, -0.1) is 0 Å². The highest BCUT2D eigenvalue weighted by atomic mass is 16.3. The minimum absolute atomic E-state index is 0.451. The van der Waals surface area contributed by atoms with Gasteiger partial charge >= 0.3 is 0 Å². The standard InChI is InChI=1S/C25H18N2O/c1-15(2)24(16(3)14-26)27-20-10-6-4-9-19(20)23-21(27)13-12-18-17-8-5-7-11-22(17)28-25(18)23/h4-13H,3H2,1-2H3. The summed E-state index contributed by atoms with van der Waals surface area (Å²) in [6.07, 6.45) is 0. The largest absolute Gasteiger partial charge is 0.455 e. The van der Waals surface area contributed by atoms with Crippen molar-refractivity contribution < 1.29 is 4.42 Å². The molecular weight excluding hydrogens is 344 g/mol. The summed E-state index contributed by atoms with van der Waals surface area (Å²) < 4.78 is 8.43. The fourth-order valence-electron chi connectivity index (χ4n) is 4.19. The summed E-state index contributed by atoms with van der Waals surface area (Å²) in [5.74, 6) is 0. The number of nitrogens with zero attached hydrogens (tertiary/aromatic N) is 2. The fourth-order valence-corrected chi connectivity index (χ4v) is 4.19. The maximum atomic E-state index is 9.55. The molecule has 3 heteroatoms. The Kier molecular flexibility index (Phi) is 3.44. The Morgan fingerprint density at radius 3 is 2.36 bits per heavy atom. The van der Waals surface area contributed by atoms with Crippen LogP contribution in [0.25, 0.3) is 49.4 Å². The molecule has 28 heavy (non-hydrogen) atoms. The Balaban J connectivity index is 2.05. The van der Waals surface area contributed by atoms with Gasteiger partial charge in [0.05, 0.1) is 27.7 Å². The van der Waals surface area contributed by atoms with Gasteiger partial charge in [0, 0.05) is 16.2 Å². The van der Waals surface area contributed by atoms with Crippen LogP contribution < -0.4 is 0 Å². The molecule has 0 saturated heterocycles. The van der Waals surface area contributed by atoms with E-state index in [-0.39, 0.29) is 0 Å². The van der Waals surface area contributed by atoms with Crippen molar-refractivity contribution in [3.8, 4) is 6.07 Å². The first-order chi connectivity index (χ1) is 13.6. The molecule has 0 radical (unpaired) electrons. The van der Waals surface area contributed by atoms with Crippen molar-refractivity contribution in [1.82, 2.24) is 4.57 Å². The van der Waals surface area contributed by atoms with E-state index in [9.17, 15) is 5.26 Å². The van der Waals surface area contributed by atoms with Crippen molar-refractivity contribution in [1.29, 1.82) is 5.26 Å². The third-order valence-electron chi connectivity index (χ3n) is 5.30. The van der Waals surface area contributed by atoms with Crippen molar-refractivity contribution in [3.05, 3.63) is 78.4 Å². The van der Waals surface area contributed by atoms with E-state index in [1.54, 1.807) is 0 Å². The van der Waals surface area contributed by atoms with E-state index >= 15 is 0 Å². The molecule has 5 rings (SSSR count). The normalized spacial score (nSPS) is 11.3. The Morgan fingerprint density at radius 1 is 0.893 bits per heavy atom. The van der Waals surface area contributed by atoms with Gasteiger partial charge in [-0.05, 0) is 38.1 Å². The molecule has 0 aliphatic heterocycles. The molecule has 0 amide bonds. The Hall–Kier alpha value is -3.77. The van der Waals surface area contributed by atoms with Crippen LogP contribution in [-0.2, 0) is 0 Å². The molecule has 0 unspecified atom stereocenters. The van der Waals surface area contributed by atoms with Crippen LogP contribution in [0.3, 0.4) is 0 Å². The Morgan fingerprint density at radius 2 is 1.61 bits per heavy atom. The van der Waals surface area contributed by atoms with E-state index in [0.29, 0.717) is 5.57 Å². The predicted molar refractivity (Wildman–Crippen MR) is 116 cm³/mol. The summed E-state index contributed by atoms with van der Waals surface area (Å²) in [6, 6.07) is 22.8. The monoisotopic (exact) mass is 362 g/mol. The van der Waals surface area contributed by atoms with Crippen LogP contribution in [0.5, 0.6) is 0 Å². The summed E-state index contributed by atoms with van der Waals surface area (Å²) in [5, 5.41) is 13.9. The number of rotatable bonds is 2. The molecule has 2 heterocycles. The van der Waals surface area contributed by atoms with Crippen LogP contribution in [0.4, 0.5) is 0 Å². The van der Waals surface area contributed by atoms with Crippen molar-refractivity contribution in [3.63, 3.8) is 0 Å². The number of para-hydroxylation sites is 2. The summed E-state index contributed by atoms with van der Waals surface area (Å²) in [4.78, 5) is 0. The molecule has 134 valence electrons. The highest BCUT2D eigenvalue weighted by molar-refractivity contribution is 6.24. The first-order valence-corrected chi connectivity index (χ1v) is 9.22. The Labute approximate surface area is 162 Å². The minimum atomic E-state index is 0.451. The fraction of sp³-hybridized carbons (Fsp3) is 0.0800. The predicted octanol–water partition coefficient (Wildman–Crippen LogP) is 7.02. The van der Waals surface area contributed by atoms with Crippen LogP contribution in [0.15, 0.2) is 82.8 Å². The van der Waals surface area contributed by atoms with Crippen LogP contribution in [0, 0.1) is 11.3 Å². The number of fused-ring (bicyclic) bond motifs is 7. The lowest BCUT2D eigenvalue weighted by molar-refractivity contribution is 0.673. The molecule has 0 spiro atoms. The lowest BCUT2D eigenvalue weighted by Gasteiger charge is -2.13. The van der Waals surface area contributed by atoms with E-state index < -0.39 is 0 Å². The van der Waals surface area contributed by atoms with Gasteiger partial charge in [-0.2, -0.15) is 5.26 Å². The second kappa shape index (κ2) is 5.87. The number of allylic oxidation sites excluding steroid dienone is 3. The second-order valence-electron chi connectivity index (χ2n) is 7.23. The highest BCUT2D eigenvalue weighted by Crippen LogP contribution is 2.41. The molecule has 0 saturated carbocycles. The van der Waals surface area contributed by atoms with Crippen LogP contribution in [-0.4, -0.2) is 4.57 Å². The number of benzene rings is 3. The topological polar surface area (TPSA) is 41.9 Å². The van der Waals surface area contributed by atoms with Gasteiger partial charge in [-0.1, -0.05) is 48.6 Å².